The van der Waals surface area contributed by atoms with Crippen molar-refractivity contribution < 1.29 is 9.90 Å². The molecule has 4 rings (SSSR count). The molecule has 1 aliphatic rings. The Morgan fingerprint density at radius 3 is 2.41 bits per heavy atom. The Bertz CT molecular complexity index is 1050. The van der Waals surface area contributed by atoms with E-state index in [1.165, 1.54) is 11.1 Å². The van der Waals surface area contributed by atoms with Crippen molar-refractivity contribution >= 4 is 11.5 Å². The highest BCUT2D eigenvalue weighted by Crippen LogP contribution is 2.26. The lowest BCUT2D eigenvalue weighted by molar-refractivity contribution is 0.0772. The molecule has 29 heavy (non-hydrogen) atoms. The number of aromatic nitrogens is 1. The van der Waals surface area contributed by atoms with Crippen LogP contribution in [0.15, 0.2) is 66.7 Å². The molecule has 0 saturated heterocycles. The van der Waals surface area contributed by atoms with Gasteiger partial charge >= 0.3 is 0 Å². The number of benzene rings is 2. The maximum absolute atomic E-state index is 13.2. The zero-order chi connectivity index (χ0) is 20.4. The minimum absolute atomic E-state index is 0.0958. The van der Waals surface area contributed by atoms with Crippen LogP contribution in [0.2, 0.25) is 0 Å². The predicted molar refractivity (Wildman–Crippen MR) is 116 cm³/mol. The van der Waals surface area contributed by atoms with Gasteiger partial charge in [0, 0.05) is 31.0 Å². The van der Waals surface area contributed by atoms with E-state index in [2.05, 4.69) is 29.7 Å². The zero-order valence-electron chi connectivity index (χ0n) is 16.9. The highest BCUT2D eigenvalue weighted by atomic mass is 16.3. The second-order valence-corrected chi connectivity index (χ2v) is 7.63. The van der Waals surface area contributed by atoms with E-state index in [1.807, 2.05) is 48.2 Å². The molecule has 148 valence electrons. The highest BCUT2D eigenvalue weighted by molar-refractivity contribution is 5.96. The number of phenolic OH excluding ortho intramolecular Hbond substituents is 1. The summed E-state index contributed by atoms with van der Waals surface area (Å²) in [6.45, 7) is 6.18. The number of carbonyl (C=O) groups is 1. The first-order chi connectivity index (χ1) is 14.0. The molecule has 1 aliphatic heterocycles. The largest absolute Gasteiger partial charge is 0.508 e. The summed E-state index contributed by atoms with van der Waals surface area (Å²) < 4.78 is 2.21. The standard InChI is InChI=1S/C25H26N2O2/c1-18-16-24(19(2)27(18)17-20-6-4-3-5-7-20)25(29)26-14-12-22(13-15-26)21-8-10-23(28)11-9-21/h3-12,16,28H,13-15,17H2,1-2H3. The summed E-state index contributed by atoms with van der Waals surface area (Å²) in [6, 6.07) is 19.6. The van der Waals surface area contributed by atoms with Gasteiger partial charge in [-0.3, -0.25) is 4.79 Å². The molecular weight excluding hydrogens is 360 g/mol. The van der Waals surface area contributed by atoms with Gasteiger partial charge in [-0.25, -0.2) is 0 Å². The second kappa shape index (κ2) is 8.00. The Morgan fingerprint density at radius 1 is 1.03 bits per heavy atom. The molecule has 0 atom stereocenters. The van der Waals surface area contributed by atoms with Crippen LogP contribution in [0, 0.1) is 13.8 Å². The monoisotopic (exact) mass is 386 g/mol. The van der Waals surface area contributed by atoms with Gasteiger partial charge in [0.2, 0.25) is 0 Å². The van der Waals surface area contributed by atoms with E-state index in [0.717, 1.165) is 35.5 Å². The van der Waals surface area contributed by atoms with Crippen molar-refractivity contribution in [2.75, 3.05) is 13.1 Å². The molecule has 0 unspecified atom stereocenters. The summed E-state index contributed by atoms with van der Waals surface area (Å²) >= 11 is 0. The summed E-state index contributed by atoms with van der Waals surface area (Å²) in [5.74, 6) is 0.367. The number of nitrogens with zero attached hydrogens (tertiary/aromatic N) is 2. The number of hydrogen-bond acceptors (Lipinski definition) is 2. The number of aromatic hydroxyl groups is 1. The fourth-order valence-electron chi connectivity index (χ4n) is 3.99. The lowest BCUT2D eigenvalue weighted by Gasteiger charge is -2.27. The lowest BCUT2D eigenvalue weighted by Crippen LogP contribution is -2.34. The molecule has 4 heteroatoms. The molecule has 4 nitrogen and oxygen atoms in total. The summed E-state index contributed by atoms with van der Waals surface area (Å²) in [5, 5.41) is 9.47. The maximum atomic E-state index is 13.2. The van der Waals surface area contributed by atoms with Crippen LogP contribution in [-0.2, 0) is 6.54 Å². The number of phenols is 1. The topological polar surface area (TPSA) is 45.5 Å². The number of aryl methyl sites for hydroxylation is 1. The van der Waals surface area contributed by atoms with Gasteiger partial charge in [-0.05, 0) is 55.2 Å². The smallest absolute Gasteiger partial charge is 0.255 e. The fourth-order valence-corrected chi connectivity index (χ4v) is 3.99. The molecule has 3 aromatic rings. The average molecular weight is 386 g/mol. The molecule has 0 fully saturated rings. The Morgan fingerprint density at radius 2 is 1.76 bits per heavy atom. The van der Waals surface area contributed by atoms with Crippen molar-refractivity contribution in [1.29, 1.82) is 0 Å². The summed E-state index contributed by atoms with van der Waals surface area (Å²) in [7, 11) is 0. The number of rotatable bonds is 4. The van der Waals surface area contributed by atoms with Crippen LogP contribution in [0.25, 0.3) is 5.57 Å². The van der Waals surface area contributed by atoms with Crippen LogP contribution in [0.1, 0.15) is 39.3 Å². The van der Waals surface area contributed by atoms with E-state index in [9.17, 15) is 9.90 Å². The molecule has 0 radical (unpaired) electrons. The molecule has 2 aromatic carbocycles. The number of carbonyl (C=O) groups excluding carboxylic acids is 1. The van der Waals surface area contributed by atoms with Gasteiger partial charge in [-0.2, -0.15) is 0 Å². The molecule has 0 bridgehead atoms. The molecule has 0 spiro atoms. The van der Waals surface area contributed by atoms with Crippen molar-refractivity contribution in [2.45, 2.75) is 26.8 Å². The zero-order valence-corrected chi connectivity index (χ0v) is 16.9. The van der Waals surface area contributed by atoms with Crippen LogP contribution in [-0.4, -0.2) is 33.6 Å². The number of hydrogen-bond donors (Lipinski definition) is 1. The Labute approximate surface area is 171 Å². The minimum Gasteiger partial charge on any atom is -0.508 e. The van der Waals surface area contributed by atoms with E-state index < -0.39 is 0 Å². The molecule has 1 amide bonds. The maximum Gasteiger partial charge on any atom is 0.255 e. The normalized spacial score (nSPS) is 14.0. The third-order valence-electron chi connectivity index (χ3n) is 5.72. The molecule has 1 aromatic heterocycles. The van der Waals surface area contributed by atoms with Crippen molar-refractivity contribution in [2.24, 2.45) is 0 Å². The Kier molecular flexibility index (Phi) is 5.26. The SMILES string of the molecule is Cc1cc(C(=O)N2CC=C(c3ccc(O)cc3)CC2)c(C)n1Cc1ccccc1. The third-order valence-corrected chi connectivity index (χ3v) is 5.72. The van der Waals surface area contributed by atoms with Gasteiger partial charge in [0.1, 0.15) is 5.75 Å². The molecular formula is C25H26N2O2. The van der Waals surface area contributed by atoms with Gasteiger partial charge in [-0.15, -0.1) is 0 Å². The first kappa shape index (κ1) is 19.1. The molecule has 0 aliphatic carbocycles. The average Bonchev–Trinajstić information content (AvgIpc) is 3.03. The summed E-state index contributed by atoms with van der Waals surface area (Å²) in [6.07, 6.45) is 2.94. The summed E-state index contributed by atoms with van der Waals surface area (Å²) in [4.78, 5) is 15.1. The predicted octanol–water partition coefficient (Wildman–Crippen LogP) is 4.79. The second-order valence-electron chi connectivity index (χ2n) is 7.63. The van der Waals surface area contributed by atoms with E-state index in [0.29, 0.717) is 13.1 Å². The summed E-state index contributed by atoms with van der Waals surface area (Å²) in [5.41, 5.74) is 6.48. The van der Waals surface area contributed by atoms with Gasteiger partial charge in [-0.1, -0.05) is 48.5 Å². The Balaban J connectivity index is 1.50. The molecule has 0 saturated carbocycles. The molecule has 1 N–H and O–H groups in total. The van der Waals surface area contributed by atoms with Crippen LogP contribution < -0.4 is 0 Å². The first-order valence-corrected chi connectivity index (χ1v) is 10.0. The van der Waals surface area contributed by atoms with Crippen molar-refractivity contribution in [3.05, 3.63) is 94.8 Å². The van der Waals surface area contributed by atoms with Crippen LogP contribution in [0.3, 0.4) is 0 Å². The Hall–Kier alpha value is -3.27. The quantitative estimate of drug-likeness (QED) is 0.701. The fraction of sp³-hybridized carbons (Fsp3) is 0.240. The van der Waals surface area contributed by atoms with E-state index in [-0.39, 0.29) is 11.7 Å². The van der Waals surface area contributed by atoms with Gasteiger partial charge < -0.3 is 14.6 Å². The number of amides is 1. The molecule has 2 heterocycles. The van der Waals surface area contributed by atoms with Gasteiger partial charge in [0.15, 0.2) is 0 Å². The van der Waals surface area contributed by atoms with Crippen molar-refractivity contribution in [3.8, 4) is 5.75 Å². The van der Waals surface area contributed by atoms with Gasteiger partial charge in [0.25, 0.3) is 5.91 Å². The van der Waals surface area contributed by atoms with Crippen LogP contribution in [0.4, 0.5) is 0 Å². The van der Waals surface area contributed by atoms with Crippen molar-refractivity contribution in [1.82, 2.24) is 9.47 Å². The van der Waals surface area contributed by atoms with Crippen molar-refractivity contribution in [3.63, 3.8) is 0 Å². The highest BCUT2D eigenvalue weighted by Gasteiger charge is 2.23. The van der Waals surface area contributed by atoms with Gasteiger partial charge in [0.05, 0.1) is 5.56 Å². The van der Waals surface area contributed by atoms with Crippen LogP contribution in [0.5, 0.6) is 5.75 Å². The lowest BCUT2D eigenvalue weighted by atomic mass is 9.99. The van der Waals surface area contributed by atoms with Crippen LogP contribution >= 0.6 is 0 Å². The van der Waals surface area contributed by atoms with E-state index in [1.54, 1.807) is 12.1 Å². The minimum atomic E-state index is 0.0958. The van der Waals surface area contributed by atoms with E-state index in [4.69, 9.17) is 0 Å². The first-order valence-electron chi connectivity index (χ1n) is 10.0. The third kappa shape index (κ3) is 3.97. The van der Waals surface area contributed by atoms with E-state index >= 15 is 0 Å².